The molecule has 0 fully saturated rings. The smallest absolute Gasteiger partial charge is 0.275 e. The van der Waals surface area contributed by atoms with Crippen molar-refractivity contribution in [2.75, 3.05) is 10.6 Å². The molecule has 2 heterocycles. The molecular weight excluding hydrogens is 314 g/mol. The molecule has 0 bridgehead atoms. The number of nitrogens with zero attached hydrogens (tertiary/aromatic N) is 3. The van der Waals surface area contributed by atoms with Crippen LogP contribution in [0.25, 0.3) is 0 Å². The molecule has 0 aliphatic carbocycles. The SMILES string of the molecule is Cc1ccc(NC(=O)c2cnc(NCc3cccnc3)cn2)cc1C. The molecule has 6 heteroatoms. The Hall–Kier alpha value is -3.28. The molecule has 0 spiro atoms. The number of hydrogen-bond acceptors (Lipinski definition) is 5. The molecule has 0 aliphatic rings. The van der Waals surface area contributed by atoms with Crippen molar-refractivity contribution in [3.05, 3.63) is 77.5 Å². The maximum absolute atomic E-state index is 12.3. The zero-order valence-electron chi connectivity index (χ0n) is 14.2. The maximum atomic E-state index is 12.3. The number of pyridine rings is 1. The van der Waals surface area contributed by atoms with Crippen LogP contribution in [0.3, 0.4) is 0 Å². The van der Waals surface area contributed by atoms with Crippen molar-refractivity contribution in [2.45, 2.75) is 20.4 Å². The minimum absolute atomic E-state index is 0.269. The molecule has 25 heavy (non-hydrogen) atoms. The molecule has 2 N–H and O–H groups in total. The van der Waals surface area contributed by atoms with E-state index in [1.807, 2.05) is 44.2 Å². The van der Waals surface area contributed by atoms with Crippen LogP contribution in [0, 0.1) is 13.8 Å². The van der Waals surface area contributed by atoms with E-state index in [2.05, 4.69) is 25.6 Å². The molecule has 0 saturated heterocycles. The quantitative estimate of drug-likeness (QED) is 0.748. The number of rotatable bonds is 5. The van der Waals surface area contributed by atoms with Crippen LogP contribution in [0.15, 0.2) is 55.1 Å². The summed E-state index contributed by atoms with van der Waals surface area (Å²) in [6, 6.07) is 9.63. The van der Waals surface area contributed by atoms with E-state index in [4.69, 9.17) is 0 Å². The van der Waals surface area contributed by atoms with E-state index in [0.717, 1.165) is 16.8 Å². The third kappa shape index (κ3) is 4.38. The minimum atomic E-state index is -0.283. The van der Waals surface area contributed by atoms with Gasteiger partial charge in [-0.15, -0.1) is 0 Å². The summed E-state index contributed by atoms with van der Waals surface area (Å²) >= 11 is 0. The zero-order chi connectivity index (χ0) is 17.6. The summed E-state index contributed by atoms with van der Waals surface area (Å²) in [6.07, 6.45) is 6.52. The van der Waals surface area contributed by atoms with E-state index < -0.39 is 0 Å². The van der Waals surface area contributed by atoms with Gasteiger partial charge in [-0.25, -0.2) is 9.97 Å². The van der Waals surface area contributed by atoms with Gasteiger partial charge in [-0.1, -0.05) is 12.1 Å². The van der Waals surface area contributed by atoms with Crippen LogP contribution in [-0.2, 0) is 6.54 Å². The molecule has 6 nitrogen and oxygen atoms in total. The van der Waals surface area contributed by atoms with Gasteiger partial charge in [0.25, 0.3) is 5.91 Å². The average molecular weight is 333 g/mol. The van der Waals surface area contributed by atoms with Crippen molar-refractivity contribution in [1.29, 1.82) is 0 Å². The number of carbonyl (C=O) groups excluding carboxylic acids is 1. The van der Waals surface area contributed by atoms with Gasteiger partial charge < -0.3 is 10.6 Å². The Kier molecular flexibility index (Phi) is 4.99. The molecule has 0 saturated carbocycles. The number of amides is 1. The second-order valence-electron chi connectivity index (χ2n) is 5.75. The average Bonchev–Trinajstić information content (AvgIpc) is 2.64. The van der Waals surface area contributed by atoms with E-state index in [-0.39, 0.29) is 11.6 Å². The zero-order valence-corrected chi connectivity index (χ0v) is 14.2. The highest BCUT2D eigenvalue weighted by atomic mass is 16.1. The number of benzene rings is 1. The number of carbonyl (C=O) groups is 1. The predicted molar refractivity (Wildman–Crippen MR) is 97.5 cm³/mol. The van der Waals surface area contributed by atoms with Crippen LogP contribution in [0.2, 0.25) is 0 Å². The topological polar surface area (TPSA) is 79.8 Å². The van der Waals surface area contributed by atoms with Crippen molar-refractivity contribution >= 4 is 17.4 Å². The first kappa shape index (κ1) is 16.6. The van der Waals surface area contributed by atoms with Gasteiger partial charge in [-0.2, -0.15) is 0 Å². The van der Waals surface area contributed by atoms with E-state index in [1.165, 1.54) is 11.8 Å². The summed E-state index contributed by atoms with van der Waals surface area (Å²) in [5.74, 6) is 0.321. The largest absolute Gasteiger partial charge is 0.365 e. The summed E-state index contributed by atoms with van der Waals surface area (Å²) in [4.78, 5) is 24.7. The third-order valence-corrected chi connectivity index (χ3v) is 3.85. The minimum Gasteiger partial charge on any atom is -0.365 e. The summed E-state index contributed by atoms with van der Waals surface area (Å²) < 4.78 is 0. The number of hydrogen-bond donors (Lipinski definition) is 2. The van der Waals surface area contributed by atoms with Crippen molar-refractivity contribution in [2.24, 2.45) is 0 Å². The molecule has 3 rings (SSSR count). The lowest BCUT2D eigenvalue weighted by atomic mass is 10.1. The molecule has 1 aromatic carbocycles. The first-order valence-corrected chi connectivity index (χ1v) is 7.95. The van der Waals surface area contributed by atoms with E-state index in [0.29, 0.717) is 12.4 Å². The van der Waals surface area contributed by atoms with Gasteiger partial charge in [0.05, 0.1) is 12.4 Å². The van der Waals surface area contributed by atoms with Crippen molar-refractivity contribution in [3.8, 4) is 0 Å². The fourth-order valence-electron chi connectivity index (χ4n) is 2.25. The second kappa shape index (κ2) is 7.53. The fourth-order valence-corrected chi connectivity index (χ4v) is 2.25. The molecule has 0 unspecified atom stereocenters. The highest BCUT2D eigenvalue weighted by molar-refractivity contribution is 6.02. The Balaban J connectivity index is 1.61. The second-order valence-corrected chi connectivity index (χ2v) is 5.75. The lowest BCUT2D eigenvalue weighted by molar-refractivity contribution is 0.102. The highest BCUT2D eigenvalue weighted by Gasteiger charge is 2.09. The molecule has 0 radical (unpaired) electrons. The highest BCUT2D eigenvalue weighted by Crippen LogP contribution is 2.15. The predicted octanol–water partition coefficient (Wildman–Crippen LogP) is 3.35. The van der Waals surface area contributed by atoms with Crippen molar-refractivity contribution in [1.82, 2.24) is 15.0 Å². The lowest BCUT2D eigenvalue weighted by Gasteiger charge is -2.08. The molecule has 3 aromatic rings. The monoisotopic (exact) mass is 333 g/mol. The van der Waals surface area contributed by atoms with Gasteiger partial charge in [0.1, 0.15) is 11.5 Å². The van der Waals surface area contributed by atoms with Gasteiger partial charge in [0, 0.05) is 24.6 Å². The maximum Gasteiger partial charge on any atom is 0.275 e. The van der Waals surface area contributed by atoms with E-state index in [9.17, 15) is 4.79 Å². The van der Waals surface area contributed by atoms with Gasteiger partial charge in [-0.3, -0.25) is 9.78 Å². The molecule has 1 amide bonds. The Bertz CT molecular complexity index is 863. The number of nitrogens with one attached hydrogen (secondary N) is 2. The Morgan fingerprint density at radius 3 is 2.60 bits per heavy atom. The Labute approximate surface area is 146 Å². The van der Waals surface area contributed by atoms with Gasteiger partial charge in [0.2, 0.25) is 0 Å². The summed E-state index contributed by atoms with van der Waals surface area (Å²) in [7, 11) is 0. The Morgan fingerprint density at radius 2 is 1.92 bits per heavy atom. The normalized spacial score (nSPS) is 10.3. The van der Waals surface area contributed by atoms with Crippen molar-refractivity contribution < 1.29 is 4.79 Å². The Morgan fingerprint density at radius 1 is 1.04 bits per heavy atom. The number of anilines is 2. The van der Waals surface area contributed by atoms with Crippen LogP contribution in [0.4, 0.5) is 11.5 Å². The van der Waals surface area contributed by atoms with Gasteiger partial charge in [0.15, 0.2) is 0 Å². The standard InChI is InChI=1S/C19H19N5O/c1-13-5-6-16(8-14(13)2)24-19(25)17-11-23-18(12-21-17)22-10-15-4-3-7-20-9-15/h3-9,11-12H,10H2,1-2H3,(H,22,23)(H,24,25). The van der Waals surface area contributed by atoms with E-state index >= 15 is 0 Å². The fraction of sp³-hybridized carbons (Fsp3) is 0.158. The van der Waals surface area contributed by atoms with E-state index in [1.54, 1.807) is 18.6 Å². The van der Waals surface area contributed by atoms with Crippen LogP contribution >= 0.6 is 0 Å². The van der Waals surface area contributed by atoms with Gasteiger partial charge in [-0.05, 0) is 48.7 Å². The molecule has 0 aliphatic heterocycles. The lowest BCUT2D eigenvalue weighted by Crippen LogP contribution is -2.14. The summed E-state index contributed by atoms with van der Waals surface area (Å²) in [5, 5.41) is 5.98. The molecular formula is C19H19N5O. The van der Waals surface area contributed by atoms with Crippen LogP contribution in [-0.4, -0.2) is 20.9 Å². The summed E-state index contributed by atoms with van der Waals surface area (Å²) in [5.41, 5.74) is 4.36. The molecule has 0 atom stereocenters. The molecule has 2 aromatic heterocycles. The third-order valence-electron chi connectivity index (χ3n) is 3.85. The summed E-state index contributed by atoms with van der Waals surface area (Å²) in [6.45, 7) is 4.63. The molecule has 126 valence electrons. The van der Waals surface area contributed by atoms with Crippen molar-refractivity contribution in [3.63, 3.8) is 0 Å². The number of aryl methyl sites for hydroxylation is 2. The van der Waals surface area contributed by atoms with Crippen LogP contribution < -0.4 is 10.6 Å². The first-order chi connectivity index (χ1) is 12.1. The van der Waals surface area contributed by atoms with Gasteiger partial charge >= 0.3 is 0 Å². The van der Waals surface area contributed by atoms with Crippen LogP contribution in [0.1, 0.15) is 27.2 Å². The van der Waals surface area contributed by atoms with Crippen LogP contribution in [0.5, 0.6) is 0 Å². The number of aromatic nitrogens is 3. The first-order valence-electron chi connectivity index (χ1n) is 7.95.